The fourth-order valence-corrected chi connectivity index (χ4v) is 6.49. The lowest BCUT2D eigenvalue weighted by Crippen LogP contribution is -2.46. The molecule has 3 unspecified atom stereocenters. The highest BCUT2D eigenvalue weighted by Crippen LogP contribution is 2.17. The van der Waals surface area contributed by atoms with Crippen molar-refractivity contribution in [2.24, 2.45) is 0 Å². The molecule has 6 nitrogen and oxygen atoms in total. The van der Waals surface area contributed by atoms with Gasteiger partial charge in [0.25, 0.3) is 0 Å². The molecule has 298 valence electrons. The third-order valence-electron chi connectivity index (χ3n) is 9.79. The van der Waals surface area contributed by atoms with Gasteiger partial charge in [-0.05, 0) is 44.9 Å². The molecule has 0 saturated carbocycles. The number of aliphatic hydroxyl groups is 2. The first kappa shape index (κ1) is 49.1. The van der Waals surface area contributed by atoms with Crippen LogP contribution >= 0.6 is 0 Å². The number of hydrogen-bond donors (Lipinski definition) is 3. The maximum atomic E-state index is 13.1. The Morgan fingerprint density at radius 3 is 1.59 bits per heavy atom. The molecule has 0 spiro atoms. The van der Waals surface area contributed by atoms with Gasteiger partial charge in [-0.3, -0.25) is 9.59 Å². The number of allylic oxidation sites excluding steroid dienone is 6. The van der Waals surface area contributed by atoms with Crippen LogP contribution in [0.2, 0.25) is 0 Å². The van der Waals surface area contributed by atoms with Crippen molar-refractivity contribution in [2.45, 2.75) is 232 Å². The Labute approximate surface area is 315 Å². The zero-order valence-electron chi connectivity index (χ0n) is 33.7. The van der Waals surface area contributed by atoms with Crippen LogP contribution in [0.5, 0.6) is 0 Å². The van der Waals surface area contributed by atoms with Gasteiger partial charge < -0.3 is 20.3 Å². The Morgan fingerprint density at radius 1 is 0.588 bits per heavy atom. The van der Waals surface area contributed by atoms with Gasteiger partial charge in [-0.2, -0.15) is 0 Å². The SMILES string of the molecule is CC/C=C/C=C/C=C/CCCCCCCC(CC(=O)NC(CO)C(O)CCCCCCCCCCC)OC(=O)CCCCCCCCCCCC. The van der Waals surface area contributed by atoms with Gasteiger partial charge in [0.1, 0.15) is 6.10 Å². The molecule has 3 atom stereocenters. The van der Waals surface area contributed by atoms with E-state index in [2.05, 4.69) is 62.5 Å². The van der Waals surface area contributed by atoms with Crippen molar-refractivity contribution in [1.29, 1.82) is 0 Å². The molecule has 0 aliphatic carbocycles. The van der Waals surface area contributed by atoms with Crippen LogP contribution in [0.4, 0.5) is 0 Å². The number of unbranched alkanes of at least 4 members (excludes halogenated alkanes) is 22. The lowest BCUT2D eigenvalue weighted by atomic mass is 10.0. The van der Waals surface area contributed by atoms with Gasteiger partial charge in [0.2, 0.25) is 5.91 Å². The molecule has 3 N–H and O–H groups in total. The maximum Gasteiger partial charge on any atom is 0.306 e. The van der Waals surface area contributed by atoms with Crippen molar-refractivity contribution in [3.05, 3.63) is 36.5 Å². The van der Waals surface area contributed by atoms with Crippen molar-refractivity contribution in [1.82, 2.24) is 5.32 Å². The van der Waals surface area contributed by atoms with Crippen LogP contribution in [0.3, 0.4) is 0 Å². The van der Waals surface area contributed by atoms with Crippen LogP contribution in [0.1, 0.15) is 213 Å². The summed E-state index contributed by atoms with van der Waals surface area (Å²) in [5.41, 5.74) is 0. The number of carbonyl (C=O) groups excluding carboxylic acids is 2. The minimum Gasteiger partial charge on any atom is -0.462 e. The van der Waals surface area contributed by atoms with Crippen molar-refractivity contribution in [2.75, 3.05) is 6.61 Å². The summed E-state index contributed by atoms with van der Waals surface area (Å²) in [5, 5.41) is 23.5. The molecule has 51 heavy (non-hydrogen) atoms. The van der Waals surface area contributed by atoms with Gasteiger partial charge >= 0.3 is 5.97 Å². The quantitative estimate of drug-likeness (QED) is 0.0336. The van der Waals surface area contributed by atoms with E-state index >= 15 is 0 Å². The lowest BCUT2D eigenvalue weighted by molar-refractivity contribution is -0.151. The highest BCUT2D eigenvalue weighted by atomic mass is 16.5. The number of rotatable bonds is 38. The molecule has 0 rings (SSSR count). The molecule has 0 fully saturated rings. The van der Waals surface area contributed by atoms with Gasteiger partial charge in [0, 0.05) is 6.42 Å². The fraction of sp³-hybridized carbons (Fsp3) is 0.822. The van der Waals surface area contributed by atoms with Crippen LogP contribution < -0.4 is 5.32 Å². The van der Waals surface area contributed by atoms with Crippen molar-refractivity contribution >= 4 is 11.9 Å². The predicted octanol–water partition coefficient (Wildman–Crippen LogP) is 12.2. The minimum absolute atomic E-state index is 0.0662. The highest BCUT2D eigenvalue weighted by molar-refractivity contribution is 5.77. The molecule has 0 radical (unpaired) electrons. The first-order valence-electron chi connectivity index (χ1n) is 21.7. The number of hydrogen-bond acceptors (Lipinski definition) is 5. The Kier molecular flexibility index (Phi) is 37.8. The van der Waals surface area contributed by atoms with Gasteiger partial charge in [0.15, 0.2) is 0 Å². The van der Waals surface area contributed by atoms with Crippen LogP contribution in [0.15, 0.2) is 36.5 Å². The molecule has 0 heterocycles. The summed E-state index contributed by atoms with van der Waals surface area (Å²) in [6.07, 6.45) is 43.5. The first-order valence-corrected chi connectivity index (χ1v) is 21.7. The monoisotopic (exact) mass is 718 g/mol. The predicted molar refractivity (Wildman–Crippen MR) is 218 cm³/mol. The maximum absolute atomic E-state index is 13.1. The van der Waals surface area contributed by atoms with Crippen LogP contribution in [0.25, 0.3) is 0 Å². The van der Waals surface area contributed by atoms with E-state index in [1.54, 1.807) is 0 Å². The summed E-state index contributed by atoms with van der Waals surface area (Å²) in [6.45, 7) is 6.30. The van der Waals surface area contributed by atoms with Gasteiger partial charge in [0.05, 0.1) is 25.2 Å². The fourth-order valence-electron chi connectivity index (χ4n) is 6.49. The van der Waals surface area contributed by atoms with Crippen molar-refractivity contribution in [3.8, 4) is 0 Å². The Morgan fingerprint density at radius 2 is 1.06 bits per heavy atom. The van der Waals surface area contributed by atoms with E-state index in [0.29, 0.717) is 19.3 Å². The van der Waals surface area contributed by atoms with Gasteiger partial charge in [-0.15, -0.1) is 0 Å². The van der Waals surface area contributed by atoms with Crippen LogP contribution in [-0.4, -0.2) is 46.9 Å². The summed E-state index contributed by atoms with van der Waals surface area (Å²) < 4.78 is 5.87. The second-order valence-electron chi connectivity index (χ2n) is 14.8. The summed E-state index contributed by atoms with van der Waals surface area (Å²) in [5.74, 6) is -0.495. The first-order chi connectivity index (χ1) is 25.0. The number of nitrogens with one attached hydrogen (secondary N) is 1. The molecule has 0 saturated heterocycles. The minimum atomic E-state index is -0.787. The number of carbonyl (C=O) groups is 2. The Bertz CT molecular complexity index is 854. The Hall–Kier alpha value is -1.92. The summed E-state index contributed by atoms with van der Waals surface area (Å²) in [6, 6.07) is -0.702. The van der Waals surface area contributed by atoms with E-state index < -0.39 is 18.2 Å². The van der Waals surface area contributed by atoms with Gasteiger partial charge in [-0.1, -0.05) is 192 Å². The molecule has 0 aromatic carbocycles. The largest absolute Gasteiger partial charge is 0.462 e. The second-order valence-corrected chi connectivity index (χ2v) is 14.8. The molecule has 0 aliphatic rings. The van der Waals surface area contributed by atoms with Crippen molar-refractivity contribution < 1.29 is 24.5 Å². The van der Waals surface area contributed by atoms with E-state index in [4.69, 9.17) is 4.74 Å². The van der Waals surface area contributed by atoms with Crippen LogP contribution in [0, 0.1) is 0 Å². The molecular weight excluding hydrogens is 634 g/mol. The molecule has 0 bridgehead atoms. The standard InChI is InChI=1S/C45H83NO5/c1-4-7-10-13-16-19-21-22-23-25-27-30-33-36-41(51-45(50)38-35-32-29-26-20-17-14-11-8-5-2)39-44(49)46-42(40-47)43(48)37-34-31-28-24-18-15-12-9-6-3/h7,10,13,16,19,21,41-43,47-48H,4-6,8-9,11-12,14-15,17-18,20,22-40H2,1-3H3,(H,46,49)/b10-7+,16-13+,21-19+. The molecule has 0 aromatic heterocycles. The zero-order chi connectivity index (χ0) is 37.5. The third-order valence-corrected chi connectivity index (χ3v) is 9.79. The lowest BCUT2D eigenvalue weighted by Gasteiger charge is -2.24. The molecular formula is C45H83NO5. The zero-order valence-corrected chi connectivity index (χ0v) is 33.7. The number of amides is 1. The smallest absolute Gasteiger partial charge is 0.306 e. The molecule has 6 heteroatoms. The van der Waals surface area contributed by atoms with E-state index in [-0.39, 0.29) is 24.9 Å². The highest BCUT2D eigenvalue weighted by Gasteiger charge is 2.24. The molecule has 0 aliphatic heterocycles. The summed E-state index contributed by atoms with van der Waals surface area (Å²) in [4.78, 5) is 25.9. The second kappa shape index (κ2) is 39.3. The van der Waals surface area contributed by atoms with Crippen LogP contribution in [-0.2, 0) is 14.3 Å². The van der Waals surface area contributed by atoms with Gasteiger partial charge in [-0.25, -0.2) is 0 Å². The topological polar surface area (TPSA) is 95.9 Å². The van der Waals surface area contributed by atoms with E-state index in [9.17, 15) is 19.8 Å². The summed E-state index contributed by atoms with van der Waals surface area (Å²) in [7, 11) is 0. The van der Waals surface area contributed by atoms with E-state index in [1.165, 1.54) is 83.5 Å². The third kappa shape index (κ3) is 34.9. The van der Waals surface area contributed by atoms with E-state index in [0.717, 1.165) is 83.5 Å². The van der Waals surface area contributed by atoms with E-state index in [1.807, 2.05) is 0 Å². The van der Waals surface area contributed by atoms with Crippen molar-refractivity contribution in [3.63, 3.8) is 0 Å². The molecule has 0 aromatic rings. The molecule has 1 amide bonds. The number of ether oxygens (including phenoxy) is 1. The number of esters is 1. The summed E-state index contributed by atoms with van der Waals surface area (Å²) >= 11 is 0. The normalized spacial score (nSPS) is 13.7. The Balaban J connectivity index is 4.64. The number of aliphatic hydroxyl groups excluding tert-OH is 2. The average Bonchev–Trinajstić information content (AvgIpc) is 3.12. The average molecular weight is 718 g/mol.